The van der Waals surface area contributed by atoms with Gasteiger partial charge in [0.05, 0.1) is 41.3 Å². The lowest BCUT2D eigenvalue weighted by Crippen LogP contribution is -2.40. The van der Waals surface area contributed by atoms with E-state index >= 15 is 0 Å². The average Bonchev–Trinajstić information content (AvgIpc) is 3.42. The molecule has 0 unspecified atom stereocenters. The third-order valence-electron chi connectivity index (χ3n) is 5.17. The normalized spacial score (nSPS) is 15.4. The Morgan fingerprint density at radius 3 is 2.66 bits per heavy atom. The van der Waals surface area contributed by atoms with E-state index in [4.69, 9.17) is 18.6 Å². The van der Waals surface area contributed by atoms with Gasteiger partial charge in [0.15, 0.2) is 16.3 Å². The van der Waals surface area contributed by atoms with E-state index in [0.717, 1.165) is 0 Å². The zero-order chi connectivity index (χ0) is 25.1. The van der Waals surface area contributed by atoms with Gasteiger partial charge < -0.3 is 18.6 Å². The van der Waals surface area contributed by atoms with Gasteiger partial charge in [0.1, 0.15) is 5.76 Å². The van der Waals surface area contributed by atoms with Crippen LogP contribution >= 0.6 is 11.3 Å². The van der Waals surface area contributed by atoms with Crippen LogP contribution in [0.25, 0.3) is 6.08 Å². The second-order valence-electron chi connectivity index (χ2n) is 7.55. The van der Waals surface area contributed by atoms with Gasteiger partial charge in [0.2, 0.25) is 0 Å². The van der Waals surface area contributed by atoms with E-state index < -0.39 is 18.0 Å². The standard InChI is InChI=1S/C25H24N2O7S/c1-5-31-19-12-16(9-10-18(19)34-15(4)28)22-21(24(30)32-6-2)14(3)26-25-27(22)23(29)20(35-25)13-17-8-7-11-33-17/h7-13,22H,5-6H2,1-4H3/t22-/m1/s1. The van der Waals surface area contributed by atoms with Gasteiger partial charge >= 0.3 is 11.9 Å². The van der Waals surface area contributed by atoms with Crippen LogP contribution in [0.3, 0.4) is 0 Å². The van der Waals surface area contributed by atoms with Gasteiger partial charge in [0, 0.05) is 13.0 Å². The fraction of sp³-hybridized carbons (Fsp3) is 0.280. The van der Waals surface area contributed by atoms with Crippen molar-refractivity contribution in [2.24, 2.45) is 4.99 Å². The number of esters is 2. The topological polar surface area (TPSA) is 109 Å². The SMILES string of the molecule is CCOC(=O)C1=C(C)N=c2sc(=Cc3ccco3)c(=O)n2[C@@H]1c1ccc(OC(C)=O)c(OCC)c1. The molecule has 0 bridgehead atoms. The van der Waals surface area contributed by atoms with Crippen molar-refractivity contribution in [2.45, 2.75) is 33.7 Å². The number of allylic oxidation sites excluding steroid dienone is 1. The fourth-order valence-corrected chi connectivity index (χ4v) is 4.84. The van der Waals surface area contributed by atoms with E-state index in [2.05, 4.69) is 4.99 Å². The molecule has 0 saturated carbocycles. The summed E-state index contributed by atoms with van der Waals surface area (Å²) in [5.41, 5.74) is 0.937. The number of ether oxygens (including phenoxy) is 3. The molecule has 4 rings (SSSR count). The van der Waals surface area contributed by atoms with E-state index in [-0.39, 0.29) is 23.5 Å². The van der Waals surface area contributed by atoms with E-state index in [1.54, 1.807) is 57.2 Å². The number of hydrogen-bond donors (Lipinski definition) is 0. The Balaban J connectivity index is 1.95. The number of hydrogen-bond acceptors (Lipinski definition) is 9. The molecule has 0 spiro atoms. The summed E-state index contributed by atoms with van der Waals surface area (Å²) in [5.74, 6) is 0.0219. The number of fused-ring (bicyclic) bond motifs is 1. The van der Waals surface area contributed by atoms with Crippen LogP contribution < -0.4 is 24.4 Å². The maximum Gasteiger partial charge on any atom is 0.338 e. The molecule has 3 aromatic rings. The number of nitrogens with zero attached hydrogens (tertiary/aromatic N) is 2. The van der Waals surface area contributed by atoms with Gasteiger partial charge in [-0.2, -0.15) is 0 Å². The van der Waals surface area contributed by atoms with Gasteiger partial charge in [-0.15, -0.1) is 0 Å². The molecule has 10 heteroatoms. The summed E-state index contributed by atoms with van der Waals surface area (Å²) in [5, 5.41) is 0. The minimum absolute atomic E-state index is 0.167. The lowest BCUT2D eigenvalue weighted by molar-refractivity contribution is -0.139. The second kappa shape index (κ2) is 10.1. The predicted molar refractivity (Wildman–Crippen MR) is 128 cm³/mol. The molecule has 0 aliphatic carbocycles. The molecule has 0 amide bonds. The molecule has 1 aromatic carbocycles. The maximum absolute atomic E-state index is 13.5. The average molecular weight is 497 g/mol. The summed E-state index contributed by atoms with van der Waals surface area (Å²) in [6, 6.07) is 7.58. The molecule has 35 heavy (non-hydrogen) atoms. The van der Waals surface area contributed by atoms with Crippen LogP contribution in [0, 0.1) is 0 Å². The highest BCUT2D eigenvalue weighted by Crippen LogP contribution is 2.36. The fourth-order valence-electron chi connectivity index (χ4n) is 3.81. The Bertz CT molecular complexity index is 1480. The largest absolute Gasteiger partial charge is 0.490 e. The maximum atomic E-state index is 13.5. The van der Waals surface area contributed by atoms with Crippen molar-refractivity contribution in [2.75, 3.05) is 13.2 Å². The predicted octanol–water partition coefficient (Wildman–Crippen LogP) is 2.72. The van der Waals surface area contributed by atoms with Crippen LogP contribution in [0.2, 0.25) is 0 Å². The Hall–Kier alpha value is -3.92. The van der Waals surface area contributed by atoms with E-state index in [9.17, 15) is 14.4 Å². The van der Waals surface area contributed by atoms with Gasteiger partial charge in [-0.1, -0.05) is 17.4 Å². The molecule has 0 radical (unpaired) electrons. The minimum Gasteiger partial charge on any atom is -0.490 e. The minimum atomic E-state index is -0.824. The van der Waals surface area contributed by atoms with Crippen LogP contribution in [-0.2, 0) is 14.3 Å². The van der Waals surface area contributed by atoms with Crippen molar-refractivity contribution < 1.29 is 28.2 Å². The summed E-state index contributed by atoms with van der Waals surface area (Å²) in [6.45, 7) is 7.01. The van der Waals surface area contributed by atoms with Crippen molar-refractivity contribution >= 4 is 29.4 Å². The van der Waals surface area contributed by atoms with Crippen LogP contribution in [0.4, 0.5) is 0 Å². The first kappa shape index (κ1) is 24.2. The summed E-state index contributed by atoms with van der Waals surface area (Å²) < 4.78 is 23.5. The number of benzene rings is 1. The summed E-state index contributed by atoms with van der Waals surface area (Å²) in [7, 11) is 0. The quantitative estimate of drug-likeness (QED) is 0.365. The molecule has 0 N–H and O–H groups in total. The first-order chi connectivity index (χ1) is 16.8. The first-order valence-electron chi connectivity index (χ1n) is 11.0. The highest BCUT2D eigenvalue weighted by Gasteiger charge is 2.34. The molecular formula is C25H24N2O7S. The molecular weight excluding hydrogens is 472 g/mol. The second-order valence-corrected chi connectivity index (χ2v) is 8.56. The van der Waals surface area contributed by atoms with Gasteiger partial charge in [-0.3, -0.25) is 14.2 Å². The van der Waals surface area contributed by atoms with E-state index in [0.29, 0.717) is 38.7 Å². The molecule has 3 heterocycles. The summed E-state index contributed by atoms with van der Waals surface area (Å²) in [4.78, 5) is 43.1. The van der Waals surface area contributed by atoms with Crippen molar-refractivity contribution in [3.63, 3.8) is 0 Å². The van der Waals surface area contributed by atoms with Crippen molar-refractivity contribution in [1.29, 1.82) is 0 Å². The monoisotopic (exact) mass is 496 g/mol. The van der Waals surface area contributed by atoms with Gasteiger partial charge in [-0.05, 0) is 50.6 Å². The van der Waals surface area contributed by atoms with Gasteiger partial charge in [-0.25, -0.2) is 9.79 Å². The molecule has 1 atom stereocenters. The number of furan rings is 1. The molecule has 2 aromatic heterocycles. The molecule has 1 aliphatic rings. The number of thiazole rings is 1. The molecule has 1 aliphatic heterocycles. The highest BCUT2D eigenvalue weighted by atomic mass is 32.1. The Labute approximate surface area is 204 Å². The van der Waals surface area contributed by atoms with Crippen molar-refractivity contribution in [3.8, 4) is 11.5 Å². The first-order valence-corrected chi connectivity index (χ1v) is 11.8. The number of carbonyl (C=O) groups is 2. The van der Waals surface area contributed by atoms with Crippen LogP contribution in [0.15, 0.2) is 62.1 Å². The summed E-state index contributed by atoms with van der Waals surface area (Å²) in [6.07, 6.45) is 3.16. The number of carbonyl (C=O) groups excluding carboxylic acids is 2. The lowest BCUT2D eigenvalue weighted by Gasteiger charge is -2.25. The highest BCUT2D eigenvalue weighted by molar-refractivity contribution is 7.07. The smallest absolute Gasteiger partial charge is 0.338 e. The Morgan fingerprint density at radius 2 is 2.00 bits per heavy atom. The number of rotatable bonds is 7. The van der Waals surface area contributed by atoms with Crippen LogP contribution in [-0.4, -0.2) is 29.7 Å². The number of aromatic nitrogens is 1. The molecule has 182 valence electrons. The zero-order valence-electron chi connectivity index (χ0n) is 19.7. The van der Waals surface area contributed by atoms with Crippen molar-refractivity contribution in [1.82, 2.24) is 4.57 Å². The van der Waals surface area contributed by atoms with Crippen LogP contribution in [0.5, 0.6) is 11.5 Å². The lowest BCUT2D eigenvalue weighted by atomic mass is 9.95. The van der Waals surface area contributed by atoms with Crippen molar-refractivity contribution in [3.05, 3.63) is 78.9 Å². The van der Waals surface area contributed by atoms with Crippen LogP contribution in [0.1, 0.15) is 45.1 Å². The molecule has 0 saturated heterocycles. The Kier molecular flexibility index (Phi) is 7.02. The molecule has 9 nitrogen and oxygen atoms in total. The third kappa shape index (κ3) is 4.83. The summed E-state index contributed by atoms with van der Waals surface area (Å²) >= 11 is 1.20. The van der Waals surface area contributed by atoms with Gasteiger partial charge in [0.25, 0.3) is 5.56 Å². The third-order valence-corrected chi connectivity index (χ3v) is 6.15. The molecule has 0 fully saturated rings. The Morgan fingerprint density at radius 1 is 1.20 bits per heavy atom. The van der Waals surface area contributed by atoms with E-state index in [1.165, 1.54) is 29.1 Å². The zero-order valence-corrected chi connectivity index (χ0v) is 20.5. The van der Waals surface area contributed by atoms with E-state index in [1.807, 2.05) is 0 Å².